The number of imidazole rings is 1. The first-order valence-electron chi connectivity index (χ1n) is 7.37. The van der Waals surface area contributed by atoms with Crippen LogP contribution in [0.4, 0.5) is 4.79 Å². The molecule has 1 fully saturated rings. The number of rotatable bonds is 3. The first-order chi connectivity index (χ1) is 10.1. The van der Waals surface area contributed by atoms with Crippen molar-refractivity contribution in [3.05, 3.63) is 18.2 Å². The van der Waals surface area contributed by atoms with Crippen LogP contribution in [0.2, 0.25) is 0 Å². The molecule has 0 atom stereocenters. The van der Waals surface area contributed by atoms with Crippen LogP contribution in [0.3, 0.4) is 0 Å². The SMILES string of the molecule is O=C(O)CC1(NC(=O)N2CCn3ccnc3C2)CCCC1. The van der Waals surface area contributed by atoms with E-state index in [4.69, 9.17) is 5.11 Å². The lowest BCUT2D eigenvalue weighted by Gasteiger charge is -2.34. The Bertz CT molecular complexity index is 548. The Balaban J connectivity index is 1.67. The zero-order chi connectivity index (χ0) is 14.9. The first-order valence-corrected chi connectivity index (χ1v) is 7.37. The summed E-state index contributed by atoms with van der Waals surface area (Å²) in [4.78, 5) is 29.5. The number of carboxylic acids is 1. The lowest BCUT2D eigenvalue weighted by atomic mass is 9.93. The number of nitrogens with zero attached hydrogens (tertiary/aromatic N) is 3. The normalized spacial score (nSPS) is 20.1. The number of hydrogen-bond donors (Lipinski definition) is 2. The molecule has 0 radical (unpaired) electrons. The molecule has 0 unspecified atom stereocenters. The molecule has 7 nitrogen and oxygen atoms in total. The Labute approximate surface area is 122 Å². The van der Waals surface area contributed by atoms with E-state index in [0.717, 1.165) is 38.1 Å². The van der Waals surface area contributed by atoms with Crippen LogP contribution in [0.1, 0.15) is 37.9 Å². The number of amides is 2. The highest BCUT2D eigenvalue weighted by molar-refractivity contribution is 5.77. The smallest absolute Gasteiger partial charge is 0.318 e. The summed E-state index contributed by atoms with van der Waals surface area (Å²) in [5.41, 5.74) is -0.574. The molecule has 2 amide bonds. The van der Waals surface area contributed by atoms with Crippen LogP contribution in [-0.4, -0.2) is 43.6 Å². The maximum Gasteiger partial charge on any atom is 0.318 e. The average molecular weight is 292 g/mol. The summed E-state index contributed by atoms with van der Waals surface area (Å²) in [5.74, 6) is 0.0153. The van der Waals surface area contributed by atoms with Crippen LogP contribution in [0.15, 0.2) is 12.4 Å². The molecule has 2 aliphatic rings. The minimum Gasteiger partial charge on any atom is -0.481 e. The highest BCUT2D eigenvalue weighted by atomic mass is 16.4. The number of nitrogens with one attached hydrogen (secondary N) is 1. The fraction of sp³-hybridized carbons (Fsp3) is 0.643. The molecular weight excluding hydrogens is 272 g/mol. The molecule has 2 heterocycles. The van der Waals surface area contributed by atoms with Gasteiger partial charge in [-0.3, -0.25) is 4.79 Å². The quantitative estimate of drug-likeness (QED) is 0.876. The minimum atomic E-state index is -0.855. The Morgan fingerprint density at radius 1 is 1.33 bits per heavy atom. The summed E-state index contributed by atoms with van der Waals surface area (Å²) in [5, 5.41) is 12.1. The van der Waals surface area contributed by atoms with Gasteiger partial charge in [-0.1, -0.05) is 12.8 Å². The van der Waals surface area contributed by atoms with Crippen molar-refractivity contribution < 1.29 is 14.7 Å². The minimum absolute atomic E-state index is 0.00120. The molecule has 0 spiro atoms. The molecule has 2 N–H and O–H groups in total. The van der Waals surface area contributed by atoms with Gasteiger partial charge in [0.1, 0.15) is 5.82 Å². The van der Waals surface area contributed by atoms with E-state index in [1.165, 1.54) is 0 Å². The van der Waals surface area contributed by atoms with Crippen LogP contribution >= 0.6 is 0 Å². The van der Waals surface area contributed by atoms with Crippen molar-refractivity contribution in [2.24, 2.45) is 0 Å². The Morgan fingerprint density at radius 3 is 2.81 bits per heavy atom. The van der Waals surface area contributed by atoms with E-state index in [2.05, 4.69) is 10.3 Å². The maximum atomic E-state index is 12.5. The lowest BCUT2D eigenvalue weighted by Crippen LogP contribution is -2.54. The molecule has 1 aliphatic heterocycles. The molecule has 7 heteroatoms. The first kappa shape index (κ1) is 13.9. The third-order valence-electron chi connectivity index (χ3n) is 4.45. The highest BCUT2D eigenvalue weighted by Crippen LogP contribution is 2.33. The van der Waals surface area contributed by atoms with Crippen LogP contribution in [0.25, 0.3) is 0 Å². The van der Waals surface area contributed by atoms with Crippen molar-refractivity contribution >= 4 is 12.0 Å². The summed E-state index contributed by atoms with van der Waals surface area (Å²) >= 11 is 0. The summed E-state index contributed by atoms with van der Waals surface area (Å²) < 4.78 is 2.03. The number of carbonyl (C=O) groups is 2. The van der Waals surface area contributed by atoms with Gasteiger partial charge in [-0.05, 0) is 12.8 Å². The Morgan fingerprint density at radius 2 is 2.10 bits per heavy atom. The zero-order valence-corrected chi connectivity index (χ0v) is 11.9. The molecule has 1 aromatic heterocycles. The van der Waals surface area contributed by atoms with Gasteiger partial charge in [0.05, 0.1) is 18.5 Å². The third-order valence-corrected chi connectivity index (χ3v) is 4.45. The van der Waals surface area contributed by atoms with E-state index in [0.29, 0.717) is 13.1 Å². The van der Waals surface area contributed by atoms with Crippen molar-refractivity contribution in [1.29, 1.82) is 0 Å². The summed E-state index contributed by atoms with van der Waals surface area (Å²) in [6.45, 7) is 1.83. The van der Waals surface area contributed by atoms with Crippen molar-refractivity contribution in [2.45, 2.75) is 50.7 Å². The molecule has 0 saturated heterocycles. The number of aliphatic carboxylic acids is 1. The Hall–Kier alpha value is -2.05. The van der Waals surface area contributed by atoms with Crippen molar-refractivity contribution in [3.63, 3.8) is 0 Å². The van der Waals surface area contributed by atoms with Gasteiger partial charge < -0.3 is 19.9 Å². The van der Waals surface area contributed by atoms with E-state index in [1.807, 2.05) is 10.8 Å². The number of urea groups is 1. The zero-order valence-electron chi connectivity index (χ0n) is 11.9. The molecule has 114 valence electrons. The van der Waals surface area contributed by atoms with E-state index in [9.17, 15) is 9.59 Å². The van der Waals surface area contributed by atoms with E-state index in [-0.39, 0.29) is 12.5 Å². The van der Waals surface area contributed by atoms with Gasteiger partial charge in [-0.25, -0.2) is 9.78 Å². The van der Waals surface area contributed by atoms with Gasteiger partial charge in [0.2, 0.25) is 0 Å². The number of aromatic nitrogens is 2. The van der Waals surface area contributed by atoms with Gasteiger partial charge in [-0.15, -0.1) is 0 Å². The Kier molecular flexibility index (Phi) is 3.57. The number of fused-ring (bicyclic) bond motifs is 1. The van der Waals surface area contributed by atoms with Gasteiger partial charge >= 0.3 is 12.0 Å². The number of hydrogen-bond acceptors (Lipinski definition) is 3. The van der Waals surface area contributed by atoms with Crippen molar-refractivity contribution in [1.82, 2.24) is 19.8 Å². The second-order valence-electron chi connectivity index (χ2n) is 5.95. The molecule has 0 bridgehead atoms. The third kappa shape index (κ3) is 2.86. The predicted octanol–water partition coefficient (Wildman–Crippen LogP) is 1.20. The summed E-state index contributed by atoms with van der Waals surface area (Å²) in [6, 6.07) is -0.174. The maximum absolute atomic E-state index is 12.5. The predicted molar refractivity (Wildman–Crippen MR) is 74.6 cm³/mol. The van der Waals surface area contributed by atoms with Crippen molar-refractivity contribution in [3.8, 4) is 0 Å². The topological polar surface area (TPSA) is 87.5 Å². The van der Waals surface area contributed by atoms with E-state index < -0.39 is 11.5 Å². The van der Waals surface area contributed by atoms with Gasteiger partial charge in [0.15, 0.2) is 0 Å². The monoisotopic (exact) mass is 292 g/mol. The molecule has 1 saturated carbocycles. The number of carboxylic acid groups (broad SMARTS) is 1. The summed E-state index contributed by atoms with van der Waals surface area (Å²) in [7, 11) is 0. The van der Waals surface area contributed by atoms with Gasteiger partial charge in [0.25, 0.3) is 0 Å². The van der Waals surface area contributed by atoms with Gasteiger partial charge in [-0.2, -0.15) is 0 Å². The molecule has 1 aromatic rings. The van der Waals surface area contributed by atoms with Crippen LogP contribution in [0, 0.1) is 0 Å². The fourth-order valence-corrected chi connectivity index (χ4v) is 3.34. The molecular formula is C14H20N4O3. The second-order valence-corrected chi connectivity index (χ2v) is 5.95. The van der Waals surface area contributed by atoms with Crippen LogP contribution < -0.4 is 5.32 Å². The molecule has 21 heavy (non-hydrogen) atoms. The standard InChI is InChI=1S/C14H20N4O3/c19-12(20)9-14(3-1-2-4-14)16-13(21)18-8-7-17-6-5-15-11(17)10-18/h5-6H,1-4,7-10H2,(H,16,21)(H,19,20). The highest BCUT2D eigenvalue weighted by Gasteiger charge is 2.38. The summed E-state index contributed by atoms with van der Waals surface area (Å²) in [6.07, 6.45) is 7.07. The fourth-order valence-electron chi connectivity index (χ4n) is 3.34. The van der Waals surface area contributed by atoms with Crippen LogP contribution in [-0.2, 0) is 17.9 Å². The van der Waals surface area contributed by atoms with E-state index >= 15 is 0 Å². The average Bonchev–Trinajstić information content (AvgIpc) is 3.06. The van der Waals surface area contributed by atoms with Crippen LogP contribution in [0.5, 0.6) is 0 Å². The van der Waals surface area contributed by atoms with Gasteiger partial charge in [0, 0.05) is 25.5 Å². The molecule has 1 aliphatic carbocycles. The lowest BCUT2D eigenvalue weighted by molar-refractivity contribution is -0.138. The second kappa shape index (κ2) is 5.38. The number of carbonyl (C=O) groups excluding carboxylic acids is 1. The molecule has 0 aromatic carbocycles. The molecule has 3 rings (SSSR count). The van der Waals surface area contributed by atoms with E-state index in [1.54, 1.807) is 11.1 Å². The van der Waals surface area contributed by atoms with Crippen molar-refractivity contribution in [2.75, 3.05) is 6.54 Å². The largest absolute Gasteiger partial charge is 0.481 e.